The average molecular weight is 302 g/mol. The number of anilines is 1. The fourth-order valence-electron chi connectivity index (χ4n) is 1.96. The molecular weight excluding hydrogens is 290 g/mol. The van der Waals surface area contributed by atoms with Crippen LogP contribution in [0, 0.1) is 0 Å². The maximum Gasteiger partial charge on any atom is 0.247 e. The maximum atomic E-state index is 9.88. The minimum atomic E-state index is 0.0970. The van der Waals surface area contributed by atoms with Gasteiger partial charge in [0.2, 0.25) is 12.3 Å². The van der Waals surface area contributed by atoms with Crippen molar-refractivity contribution in [2.24, 2.45) is 0 Å². The van der Waals surface area contributed by atoms with Gasteiger partial charge in [-0.2, -0.15) is 0 Å². The van der Waals surface area contributed by atoms with E-state index in [1.165, 1.54) is 6.39 Å². The molecule has 3 aromatic rings. The molecular formula is C15H12ClN3O2. The van der Waals surface area contributed by atoms with Gasteiger partial charge in [-0.15, -0.1) is 10.2 Å². The van der Waals surface area contributed by atoms with Crippen LogP contribution in [-0.4, -0.2) is 15.3 Å². The second kappa shape index (κ2) is 5.85. The first kappa shape index (κ1) is 13.5. The van der Waals surface area contributed by atoms with Crippen molar-refractivity contribution >= 4 is 17.3 Å². The largest absolute Gasteiger partial charge is 0.506 e. The molecule has 0 aliphatic rings. The Morgan fingerprint density at radius 3 is 2.86 bits per heavy atom. The number of phenolic OH excluding ortho intramolecular Hbond substituents is 1. The van der Waals surface area contributed by atoms with Crippen molar-refractivity contribution in [3.8, 4) is 17.2 Å². The summed E-state index contributed by atoms with van der Waals surface area (Å²) in [7, 11) is 0. The number of benzene rings is 2. The topological polar surface area (TPSA) is 71.2 Å². The molecule has 1 aromatic heterocycles. The third kappa shape index (κ3) is 2.98. The van der Waals surface area contributed by atoms with Gasteiger partial charge in [-0.05, 0) is 24.3 Å². The Labute approximate surface area is 126 Å². The predicted octanol–water partition coefficient (Wildman–Crippen LogP) is 3.71. The van der Waals surface area contributed by atoms with Crippen LogP contribution in [0.3, 0.4) is 0 Å². The molecule has 6 heteroatoms. The first-order valence-electron chi connectivity index (χ1n) is 6.31. The number of nitrogens with one attached hydrogen (secondary N) is 1. The number of rotatable bonds is 4. The van der Waals surface area contributed by atoms with Gasteiger partial charge in [0.15, 0.2) is 0 Å². The maximum absolute atomic E-state index is 9.88. The molecule has 0 bridgehead atoms. The van der Waals surface area contributed by atoms with E-state index < -0.39 is 0 Å². The lowest BCUT2D eigenvalue weighted by atomic mass is 10.1. The minimum Gasteiger partial charge on any atom is -0.506 e. The molecule has 106 valence electrons. The van der Waals surface area contributed by atoms with E-state index in [1.54, 1.807) is 12.1 Å². The highest BCUT2D eigenvalue weighted by atomic mass is 35.5. The number of hydrogen-bond acceptors (Lipinski definition) is 5. The van der Waals surface area contributed by atoms with E-state index in [4.69, 9.17) is 16.0 Å². The van der Waals surface area contributed by atoms with E-state index in [0.717, 1.165) is 16.8 Å². The summed E-state index contributed by atoms with van der Waals surface area (Å²) < 4.78 is 5.16. The van der Waals surface area contributed by atoms with Gasteiger partial charge in [-0.1, -0.05) is 29.8 Å². The van der Waals surface area contributed by atoms with Crippen molar-refractivity contribution in [2.75, 3.05) is 5.32 Å². The first-order chi connectivity index (χ1) is 10.2. The molecule has 0 unspecified atom stereocenters. The number of halogens is 1. The number of para-hydroxylation sites is 1. The van der Waals surface area contributed by atoms with Crippen LogP contribution in [0.15, 0.2) is 53.3 Å². The summed E-state index contributed by atoms with van der Waals surface area (Å²) in [5, 5.41) is 21.0. The third-order valence-electron chi connectivity index (χ3n) is 3.02. The summed E-state index contributed by atoms with van der Waals surface area (Å²) in [6, 6.07) is 12.9. The standard InChI is InChI=1S/C15H12ClN3O2/c16-13-6-2-4-11(14(13)20)8-17-12-5-1-3-10(7-12)15-19-18-9-21-15/h1-7,9,17,20H,8H2. The fourth-order valence-corrected chi connectivity index (χ4v) is 2.16. The SMILES string of the molecule is Oc1c(Cl)cccc1CNc1cccc(-c2nnco2)c1. The Bertz CT molecular complexity index is 744. The molecule has 0 saturated heterocycles. The van der Waals surface area contributed by atoms with E-state index >= 15 is 0 Å². The lowest BCUT2D eigenvalue weighted by Gasteiger charge is -2.09. The van der Waals surface area contributed by atoms with Gasteiger partial charge in [0.05, 0.1) is 5.02 Å². The van der Waals surface area contributed by atoms with Gasteiger partial charge < -0.3 is 14.8 Å². The van der Waals surface area contributed by atoms with Gasteiger partial charge >= 0.3 is 0 Å². The van der Waals surface area contributed by atoms with Crippen molar-refractivity contribution in [2.45, 2.75) is 6.54 Å². The zero-order valence-electron chi connectivity index (χ0n) is 11.0. The Balaban J connectivity index is 1.77. The summed E-state index contributed by atoms with van der Waals surface area (Å²) in [6.07, 6.45) is 1.29. The molecule has 2 aromatic carbocycles. The van der Waals surface area contributed by atoms with E-state index in [9.17, 15) is 5.11 Å². The van der Waals surface area contributed by atoms with E-state index in [0.29, 0.717) is 17.5 Å². The molecule has 5 nitrogen and oxygen atoms in total. The van der Waals surface area contributed by atoms with Crippen LogP contribution in [0.1, 0.15) is 5.56 Å². The molecule has 0 fully saturated rings. The second-order valence-corrected chi connectivity index (χ2v) is 4.83. The molecule has 1 heterocycles. The average Bonchev–Trinajstić information content (AvgIpc) is 3.03. The smallest absolute Gasteiger partial charge is 0.247 e. The highest BCUT2D eigenvalue weighted by molar-refractivity contribution is 6.32. The molecule has 0 radical (unpaired) electrons. The highest BCUT2D eigenvalue weighted by Crippen LogP contribution is 2.28. The van der Waals surface area contributed by atoms with Gasteiger partial charge in [-0.3, -0.25) is 0 Å². The predicted molar refractivity (Wildman–Crippen MR) is 80.2 cm³/mol. The van der Waals surface area contributed by atoms with Crippen molar-refractivity contribution < 1.29 is 9.52 Å². The van der Waals surface area contributed by atoms with Crippen LogP contribution in [-0.2, 0) is 6.54 Å². The molecule has 0 amide bonds. The molecule has 0 aliphatic carbocycles. The second-order valence-electron chi connectivity index (χ2n) is 4.43. The minimum absolute atomic E-state index is 0.0970. The van der Waals surface area contributed by atoms with Crippen LogP contribution >= 0.6 is 11.6 Å². The van der Waals surface area contributed by atoms with Crippen LogP contribution < -0.4 is 5.32 Å². The summed E-state index contributed by atoms with van der Waals surface area (Å²) in [4.78, 5) is 0. The summed E-state index contributed by atoms with van der Waals surface area (Å²) >= 11 is 5.88. The molecule has 0 aliphatic heterocycles. The highest BCUT2D eigenvalue weighted by Gasteiger charge is 2.06. The van der Waals surface area contributed by atoms with Crippen molar-refractivity contribution in [1.29, 1.82) is 0 Å². The third-order valence-corrected chi connectivity index (χ3v) is 3.33. The van der Waals surface area contributed by atoms with Crippen LogP contribution in [0.5, 0.6) is 5.75 Å². The molecule has 2 N–H and O–H groups in total. The van der Waals surface area contributed by atoms with Crippen LogP contribution in [0.2, 0.25) is 5.02 Å². The van der Waals surface area contributed by atoms with Gasteiger partial charge in [0.1, 0.15) is 5.75 Å². The Morgan fingerprint density at radius 1 is 1.19 bits per heavy atom. The van der Waals surface area contributed by atoms with Gasteiger partial charge in [-0.25, -0.2) is 0 Å². The van der Waals surface area contributed by atoms with Gasteiger partial charge in [0.25, 0.3) is 0 Å². The number of phenols is 1. The lowest BCUT2D eigenvalue weighted by molar-refractivity contribution is 0.469. The molecule has 21 heavy (non-hydrogen) atoms. The Kier molecular flexibility index (Phi) is 3.75. The monoisotopic (exact) mass is 301 g/mol. The summed E-state index contributed by atoms with van der Waals surface area (Å²) in [5.74, 6) is 0.559. The Hall–Kier alpha value is -2.53. The van der Waals surface area contributed by atoms with E-state index in [1.807, 2.05) is 30.3 Å². The molecule has 0 saturated carbocycles. The molecule has 0 spiro atoms. The van der Waals surface area contributed by atoms with Gasteiger partial charge in [0, 0.05) is 23.4 Å². The lowest BCUT2D eigenvalue weighted by Crippen LogP contribution is -2.00. The first-order valence-corrected chi connectivity index (χ1v) is 6.68. The normalized spacial score (nSPS) is 10.5. The quantitative estimate of drug-likeness (QED) is 0.768. The van der Waals surface area contributed by atoms with Crippen molar-refractivity contribution in [3.63, 3.8) is 0 Å². The summed E-state index contributed by atoms with van der Waals surface area (Å²) in [5.41, 5.74) is 2.43. The fraction of sp³-hybridized carbons (Fsp3) is 0.0667. The van der Waals surface area contributed by atoms with Crippen molar-refractivity contribution in [3.05, 3.63) is 59.4 Å². The Morgan fingerprint density at radius 2 is 2.05 bits per heavy atom. The van der Waals surface area contributed by atoms with E-state index in [2.05, 4.69) is 15.5 Å². The van der Waals surface area contributed by atoms with Crippen LogP contribution in [0.4, 0.5) is 5.69 Å². The van der Waals surface area contributed by atoms with Crippen molar-refractivity contribution in [1.82, 2.24) is 10.2 Å². The summed E-state index contributed by atoms with van der Waals surface area (Å²) in [6.45, 7) is 0.458. The zero-order chi connectivity index (χ0) is 14.7. The molecule has 3 rings (SSSR count). The number of hydrogen-bond donors (Lipinski definition) is 2. The van der Waals surface area contributed by atoms with Crippen LogP contribution in [0.25, 0.3) is 11.5 Å². The zero-order valence-corrected chi connectivity index (χ0v) is 11.7. The number of aromatic hydroxyl groups is 1. The number of aromatic nitrogens is 2. The van der Waals surface area contributed by atoms with E-state index in [-0.39, 0.29) is 5.75 Å². The molecule has 0 atom stereocenters. The number of nitrogens with zero attached hydrogens (tertiary/aromatic N) is 2.